The third-order valence-electron chi connectivity index (χ3n) is 3.56. The Labute approximate surface area is 81.0 Å². The Kier molecular flexibility index (Phi) is 2.89. The monoisotopic (exact) mass is 183 g/mol. The average Bonchev–Trinajstić information content (AvgIpc) is 2.17. The Morgan fingerprint density at radius 2 is 2.15 bits per heavy atom. The van der Waals surface area contributed by atoms with Crippen molar-refractivity contribution in [3.8, 4) is 0 Å². The van der Waals surface area contributed by atoms with E-state index in [0.29, 0.717) is 12.1 Å². The van der Waals surface area contributed by atoms with Gasteiger partial charge >= 0.3 is 0 Å². The van der Waals surface area contributed by atoms with Crippen LogP contribution in [0.25, 0.3) is 0 Å². The Morgan fingerprint density at radius 3 is 2.92 bits per heavy atom. The van der Waals surface area contributed by atoms with E-state index in [1.807, 2.05) is 0 Å². The Balaban J connectivity index is 2.02. The van der Waals surface area contributed by atoms with E-state index >= 15 is 0 Å². The topological polar surface area (TPSA) is 21.3 Å². The van der Waals surface area contributed by atoms with Gasteiger partial charge in [0, 0.05) is 12.6 Å². The lowest BCUT2D eigenvalue weighted by Gasteiger charge is -2.43. The van der Waals surface area contributed by atoms with Crippen LogP contribution in [0.15, 0.2) is 0 Å². The van der Waals surface area contributed by atoms with Crippen molar-refractivity contribution in [1.29, 1.82) is 0 Å². The summed E-state index contributed by atoms with van der Waals surface area (Å²) < 4.78 is 5.80. The van der Waals surface area contributed by atoms with Crippen molar-refractivity contribution >= 4 is 0 Å². The molecule has 2 nitrogen and oxygen atoms in total. The van der Waals surface area contributed by atoms with Crippen LogP contribution in [0.2, 0.25) is 0 Å². The SMILES string of the molecule is CC(C)C1CCCC2OCCNC21. The minimum atomic E-state index is 0.509. The zero-order valence-electron chi connectivity index (χ0n) is 8.75. The average molecular weight is 183 g/mol. The van der Waals surface area contributed by atoms with Crippen molar-refractivity contribution in [2.75, 3.05) is 13.2 Å². The van der Waals surface area contributed by atoms with Crippen LogP contribution < -0.4 is 5.32 Å². The van der Waals surface area contributed by atoms with E-state index in [4.69, 9.17) is 4.74 Å². The molecule has 0 aromatic rings. The van der Waals surface area contributed by atoms with Gasteiger partial charge in [-0.05, 0) is 24.7 Å². The predicted octanol–water partition coefficient (Wildman–Crippen LogP) is 1.80. The van der Waals surface area contributed by atoms with Crippen LogP contribution in [-0.2, 0) is 4.74 Å². The first-order valence-electron chi connectivity index (χ1n) is 5.64. The zero-order chi connectivity index (χ0) is 9.26. The fourth-order valence-corrected chi connectivity index (χ4v) is 2.84. The highest BCUT2D eigenvalue weighted by atomic mass is 16.5. The molecule has 2 aliphatic rings. The molecular formula is C11H21NO. The molecule has 0 spiro atoms. The van der Waals surface area contributed by atoms with Crippen LogP contribution in [0.1, 0.15) is 33.1 Å². The lowest BCUT2D eigenvalue weighted by Crippen LogP contribution is -2.55. The number of rotatable bonds is 1. The molecule has 0 aromatic heterocycles. The molecule has 2 rings (SSSR count). The second kappa shape index (κ2) is 3.97. The van der Waals surface area contributed by atoms with E-state index in [2.05, 4.69) is 19.2 Å². The molecule has 0 amide bonds. The van der Waals surface area contributed by atoms with Crippen LogP contribution in [-0.4, -0.2) is 25.3 Å². The summed E-state index contributed by atoms with van der Waals surface area (Å²) in [6.07, 6.45) is 4.51. The molecule has 1 aliphatic carbocycles. The summed E-state index contributed by atoms with van der Waals surface area (Å²) in [7, 11) is 0. The van der Waals surface area contributed by atoms with Gasteiger partial charge in [0.2, 0.25) is 0 Å². The van der Waals surface area contributed by atoms with E-state index in [-0.39, 0.29) is 0 Å². The smallest absolute Gasteiger partial charge is 0.0731 e. The molecule has 1 saturated heterocycles. The van der Waals surface area contributed by atoms with E-state index in [1.54, 1.807) is 0 Å². The number of morpholine rings is 1. The molecule has 1 aliphatic heterocycles. The minimum absolute atomic E-state index is 0.509. The summed E-state index contributed by atoms with van der Waals surface area (Å²) in [5, 5.41) is 3.63. The van der Waals surface area contributed by atoms with Crippen molar-refractivity contribution in [2.24, 2.45) is 11.8 Å². The van der Waals surface area contributed by atoms with Gasteiger partial charge in [0.05, 0.1) is 12.7 Å². The molecular weight excluding hydrogens is 162 g/mol. The summed E-state index contributed by atoms with van der Waals surface area (Å²) in [6.45, 7) is 6.63. The quantitative estimate of drug-likeness (QED) is 0.669. The third-order valence-corrected chi connectivity index (χ3v) is 3.56. The van der Waals surface area contributed by atoms with Crippen molar-refractivity contribution < 1.29 is 4.74 Å². The van der Waals surface area contributed by atoms with Crippen LogP contribution >= 0.6 is 0 Å². The van der Waals surface area contributed by atoms with Crippen molar-refractivity contribution in [1.82, 2.24) is 5.32 Å². The Hall–Kier alpha value is -0.0800. The molecule has 1 heterocycles. The number of nitrogens with one attached hydrogen (secondary N) is 1. The van der Waals surface area contributed by atoms with Gasteiger partial charge in [0.25, 0.3) is 0 Å². The van der Waals surface area contributed by atoms with E-state index in [9.17, 15) is 0 Å². The van der Waals surface area contributed by atoms with Crippen LogP contribution in [0.3, 0.4) is 0 Å². The van der Waals surface area contributed by atoms with Crippen molar-refractivity contribution in [3.05, 3.63) is 0 Å². The minimum Gasteiger partial charge on any atom is -0.375 e. The lowest BCUT2D eigenvalue weighted by molar-refractivity contribution is -0.0509. The van der Waals surface area contributed by atoms with Gasteiger partial charge in [-0.1, -0.05) is 20.3 Å². The second-order valence-corrected chi connectivity index (χ2v) is 4.73. The fraction of sp³-hybridized carbons (Fsp3) is 1.00. The summed E-state index contributed by atoms with van der Waals surface area (Å²) in [5.41, 5.74) is 0. The molecule has 3 atom stereocenters. The highest BCUT2D eigenvalue weighted by molar-refractivity contribution is 4.91. The molecule has 0 bridgehead atoms. The van der Waals surface area contributed by atoms with E-state index in [1.165, 1.54) is 19.3 Å². The summed E-state index contributed by atoms with van der Waals surface area (Å²) in [4.78, 5) is 0. The molecule has 1 saturated carbocycles. The highest BCUT2D eigenvalue weighted by Crippen LogP contribution is 2.32. The molecule has 2 fully saturated rings. The Morgan fingerprint density at radius 1 is 1.31 bits per heavy atom. The molecule has 3 unspecified atom stereocenters. The largest absolute Gasteiger partial charge is 0.375 e. The maximum Gasteiger partial charge on any atom is 0.0731 e. The van der Waals surface area contributed by atoms with Gasteiger partial charge in [0.1, 0.15) is 0 Å². The first kappa shape index (κ1) is 9.47. The number of ether oxygens (including phenoxy) is 1. The number of hydrogen-bond acceptors (Lipinski definition) is 2. The van der Waals surface area contributed by atoms with Gasteiger partial charge in [-0.25, -0.2) is 0 Å². The lowest BCUT2D eigenvalue weighted by atomic mass is 9.76. The normalized spacial score (nSPS) is 40.4. The third kappa shape index (κ3) is 1.89. The zero-order valence-corrected chi connectivity index (χ0v) is 8.75. The molecule has 0 aromatic carbocycles. The Bertz CT molecular complexity index is 167. The van der Waals surface area contributed by atoms with Gasteiger partial charge in [-0.3, -0.25) is 0 Å². The molecule has 0 radical (unpaired) electrons. The molecule has 13 heavy (non-hydrogen) atoms. The standard InChI is InChI=1S/C11H21NO/c1-8(2)9-4-3-5-10-11(9)12-6-7-13-10/h8-12H,3-7H2,1-2H3. The van der Waals surface area contributed by atoms with Crippen LogP contribution in [0.4, 0.5) is 0 Å². The van der Waals surface area contributed by atoms with E-state index < -0.39 is 0 Å². The van der Waals surface area contributed by atoms with Gasteiger partial charge < -0.3 is 10.1 Å². The first-order chi connectivity index (χ1) is 6.29. The summed E-state index contributed by atoms with van der Waals surface area (Å²) >= 11 is 0. The van der Waals surface area contributed by atoms with Gasteiger partial charge in [0.15, 0.2) is 0 Å². The highest BCUT2D eigenvalue weighted by Gasteiger charge is 2.36. The maximum absolute atomic E-state index is 5.80. The predicted molar refractivity (Wildman–Crippen MR) is 53.7 cm³/mol. The summed E-state index contributed by atoms with van der Waals surface area (Å²) in [6, 6.07) is 0.641. The molecule has 2 heteroatoms. The van der Waals surface area contributed by atoms with Gasteiger partial charge in [-0.2, -0.15) is 0 Å². The maximum atomic E-state index is 5.80. The molecule has 76 valence electrons. The summed E-state index contributed by atoms with van der Waals surface area (Å²) in [5.74, 6) is 1.63. The number of hydrogen-bond donors (Lipinski definition) is 1. The van der Waals surface area contributed by atoms with Crippen LogP contribution in [0.5, 0.6) is 0 Å². The molecule has 1 N–H and O–H groups in total. The van der Waals surface area contributed by atoms with E-state index in [0.717, 1.165) is 25.0 Å². The van der Waals surface area contributed by atoms with Crippen molar-refractivity contribution in [3.63, 3.8) is 0 Å². The van der Waals surface area contributed by atoms with Gasteiger partial charge in [-0.15, -0.1) is 0 Å². The van der Waals surface area contributed by atoms with Crippen molar-refractivity contribution in [2.45, 2.75) is 45.3 Å². The fourth-order valence-electron chi connectivity index (χ4n) is 2.84. The van der Waals surface area contributed by atoms with Crippen LogP contribution in [0, 0.1) is 11.8 Å². The number of fused-ring (bicyclic) bond motifs is 1. The first-order valence-corrected chi connectivity index (χ1v) is 5.64. The second-order valence-electron chi connectivity index (χ2n) is 4.73.